The number of rotatable bonds is 6. The molecule has 3 aromatic rings. The van der Waals surface area contributed by atoms with Gasteiger partial charge in [0.15, 0.2) is 5.69 Å². The summed E-state index contributed by atoms with van der Waals surface area (Å²) in [6.45, 7) is 0. The third kappa shape index (κ3) is 4.13. The zero-order chi connectivity index (χ0) is 18.5. The van der Waals surface area contributed by atoms with Crippen LogP contribution in [0.15, 0.2) is 66.9 Å². The molecule has 3 N–H and O–H groups in total. The van der Waals surface area contributed by atoms with Crippen molar-refractivity contribution in [2.45, 2.75) is 12.5 Å². The highest BCUT2D eigenvalue weighted by molar-refractivity contribution is 5.95. The Balaban J connectivity index is 1.73. The molecule has 0 saturated carbocycles. The third-order valence-corrected chi connectivity index (χ3v) is 3.83. The van der Waals surface area contributed by atoms with Crippen LogP contribution in [0.1, 0.15) is 16.1 Å². The van der Waals surface area contributed by atoms with Crippen LogP contribution in [0.3, 0.4) is 0 Å². The highest BCUT2D eigenvalue weighted by atomic mass is 19.1. The smallest absolute Gasteiger partial charge is 0.272 e. The molecule has 132 valence electrons. The molecule has 0 radical (unpaired) electrons. The minimum atomic E-state index is -0.857. The quantitative estimate of drug-likeness (QED) is 0.709. The maximum Gasteiger partial charge on any atom is 0.272 e. The molecule has 1 unspecified atom stereocenters. The first-order valence-electron chi connectivity index (χ1n) is 7.98. The van der Waals surface area contributed by atoms with E-state index >= 15 is 0 Å². The van der Waals surface area contributed by atoms with Crippen molar-refractivity contribution in [1.29, 1.82) is 0 Å². The van der Waals surface area contributed by atoms with Gasteiger partial charge in [0, 0.05) is 12.6 Å². The van der Waals surface area contributed by atoms with Gasteiger partial charge < -0.3 is 11.1 Å². The zero-order valence-electron chi connectivity index (χ0n) is 13.8. The van der Waals surface area contributed by atoms with Crippen LogP contribution in [-0.2, 0) is 11.2 Å². The second-order valence-electron chi connectivity index (χ2n) is 5.74. The first kappa shape index (κ1) is 17.3. The monoisotopic (exact) mass is 352 g/mol. The van der Waals surface area contributed by atoms with Gasteiger partial charge in [-0.25, -0.2) is 9.07 Å². The van der Waals surface area contributed by atoms with Gasteiger partial charge in [-0.1, -0.05) is 36.4 Å². The Bertz CT molecular complexity index is 924. The average molecular weight is 352 g/mol. The largest absolute Gasteiger partial charge is 0.368 e. The number of aromatic nitrogens is 2. The molecule has 2 aromatic carbocycles. The Labute approximate surface area is 149 Å². The number of amides is 2. The number of primary amides is 1. The predicted molar refractivity (Wildman–Crippen MR) is 94.1 cm³/mol. The Morgan fingerprint density at radius 1 is 1.12 bits per heavy atom. The molecular weight excluding hydrogens is 335 g/mol. The average Bonchev–Trinajstić information content (AvgIpc) is 3.12. The Morgan fingerprint density at radius 3 is 2.58 bits per heavy atom. The second kappa shape index (κ2) is 7.60. The Kier molecular flexibility index (Phi) is 5.07. The molecule has 0 aliphatic rings. The summed E-state index contributed by atoms with van der Waals surface area (Å²) >= 11 is 0. The summed E-state index contributed by atoms with van der Waals surface area (Å²) in [6, 6.07) is 15.7. The lowest BCUT2D eigenvalue weighted by Gasteiger charge is -2.14. The molecule has 0 spiro atoms. The van der Waals surface area contributed by atoms with Crippen LogP contribution in [-0.4, -0.2) is 27.6 Å². The van der Waals surface area contributed by atoms with Gasteiger partial charge in [-0.2, -0.15) is 5.10 Å². The first-order valence-corrected chi connectivity index (χ1v) is 7.98. The third-order valence-electron chi connectivity index (χ3n) is 3.83. The molecule has 1 atom stereocenters. The lowest BCUT2D eigenvalue weighted by atomic mass is 10.1. The van der Waals surface area contributed by atoms with E-state index in [1.165, 1.54) is 22.9 Å². The van der Waals surface area contributed by atoms with Crippen LogP contribution in [0.5, 0.6) is 0 Å². The van der Waals surface area contributed by atoms with Crippen LogP contribution in [0.4, 0.5) is 4.39 Å². The van der Waals surface area contributed by atoms with E-state index in [4.69, 9.17) is 5.73 Å². The minimum absolute atomic E-state index is 0.105. The fourth-order valence-corrected chi connectivity index (χ4v) is 2.51. The number of benzene rings is 2. The van der Waals surface area contributed by atoms with Crippen molar-refractivity contribution in [3.05, 3.63) is 83.9 Å². The molecule has 0 fully saturated rings. The molecule has 0 aliphatic heterocycles. The maximum atomic E-state index is 13.3. The van der Waals surface area contributed by atoms with Crippen molar-refractivity contribution in [2.24, 2.45) is 5.73 Å². The summed E-state index contributed by atoms with van der Waals surface area (Å²) < 4.78 is 14.7. The summed E-state index contributed by atoms with van der Waals surface area (Å²) in [4.78, 5) is 24.1. The van der Waals surface area contributed by atoms with Gasteiger partial charge in [-0.3, -0.25) is 9.59 Å². The molecule has 26 heavy (non-hydrogen) atoms. The van der Waals surface area contributed by atoms with Crippen molar-refractivity contribution in [3.63, 3.8) is 0 Å². The number of hydrogen-bond acceptors (Lipinski definition) is 3. The van der Waals surface area contributed by atoms with E-state index < -0.39 is 23.7 Å². The fourth-order valence-electron chi connectivity index (χ4n) is 2.51. The van der Waals surface area contributed by atoms with Gasteiger partial charge in [-0.15, -0.1) is 0 Å². The number of nitrogens with two attached hydrogens (primary N) is 1. The molecule has 1 heterocycles. The normalized spacial score (nSPS) is 11.7. The van der Waals surface area contributed by atoms with Gasteiger partial charge in [0.1, 0.15) is 11.9 Å². The van der Waals surface area contributed by atoms with Gasteiger partial charge in [-0.05, 0) is 29.8 Å². The van der Waals surface area contributed by atoms with E-state index in [9.17, 15) is 14.0 Å². The van der Waals surface area contributed by atoms with Crippen molar-refractivity contribution in [3.8, 4) is 5.69 Å². The summed E-state index contributed by atoms with van der Waals surface area (Å²) in [5.41, 5.74) is 6.87. The Hall–Kier alpha value is -3.48. The molecular formula is C19H17FN4O2. The lowest BCUT2D eigenvalue weighted by Crippen LogP contribution is -2.46. The molecule has 0 aliphatic carbocycles. The highest BCUT2D eigenvalue weighted by Gasteiger charge is 2.21. The fraction of sp³-hybridized carbons (Fsp3) is 0.105. The van der Waals surface area contributed by atoms with Crippen molar-refractivity contribution >= 4 is 11.8 Å². The first-order chi connectivity index (χ1) is 12.5. The van der Waals surface area contributed by atoms with E-state index in [-0.39, 0.29) is 12.1 Å². The van der Waals surface area contributed by atoms with Crippen molar-refractivity contribution in [1.82, 2.24) is 15.1 Å². The predicted octanol–water partition coefficient (Wildman–Crippen LogP) is 1.84. The Morgan fingerprint density at radius 2 is 1.88 bits per heavy atom. The van der Waals surface area contributed by atoms with E-state index in [0.29, 0.717) is 5.69 Å². The molecule has 0 bridgehead atoms. The summed E-state index contributed by atoms with van der Waals surface area (Å²) in [6.07, 6.45) is 1.83. The number of carbonyl (C=O) groups is 2. The number of carbonyl (C=O) groups excluding carboxylic acids is 2. The maximum absolute atomic E-state index is 13.3. The number of nitrogens with one attached hydrogen (secondary N) is 1. The zero-order valence-corrected chi connectivity index (χ0v) is 13.8. The van der Waals surface area contributed by atoms with Crippen LogP contribution >= 0.6 is 0 Å². The van der Waals surface area contributed by atoms with Crippen molar-refractivity contribution in [2.75, 3.05) is 0 Å². The van der Waals surface area contributed by atoms with Crippen LogP contribution < -0.4 is 11.1 Å². The second-order valence-corrected chi connectivity index (χ2v) is 5.74. The SMILES string of the molecule is NC(=O)C(Cc1ccccc1)NC(=O)c1ccn(-c2cccc(F)c2)n1. The van der Waals surface area contributed by atoms with E-state index in [1.807, 2.05) is 30.3 Å². The van der Waals surface area contributed by atoms with Crippen LogP contribution in [0.2, 0.25) is 0 Å². The lowest BCUT2D eigenvalue weighted by molar-refractivity contribution is -0.119. The van der Waals surface area contributed by atoms with Gasteiger partial charge >= 0.3 is 0 Å². The van der Waals surface area contributed by atoms with Crippen LogP contribution in [0.25, 0.3) is 5.69 Å². The molecule has 0 saturated heterocycles. The van der Waals surface area contributed by atoms with Crippen LogP contribution in [0, 0.1) is 5.82 Å². The number of halogens is 1. The van der Waals surface area contributed by atoms with Crippen molar-refractivity contribution < 1.29 is 14.0 Å². The molecule has 6 nitrogen and oxygen atoms in total. The summed E-state index contributed by atoms with van der Waals surface area (Å²) in [7, 11) is 0. The highest BCUT2D eigenvalue weighted by Crippen LogP contribution is 2.10. The molecule has 1 aromatic heterocycles. The van der Waals surface area contributed by atoms with E-state index in [2.05, 4.69) is 10.4 Å². The topological polar surface area (TPSA) is 90.0 Å². The minimum Gasteiger partial charge on any atom is -0.368 e. The van der Waals surface area contributed by atoms with E-state index in [1.54, 1.807) is 18.3 Å². The van der Waals surface area contributed by atoms with E-state index in [0.717, 1.165) is 5.56 Å². The summed E-state index contributed by atoms with van der Waals surface area (Å²) in [5.74, 6) is -1.56. The molecule has 3 rings (SSSR count). The van der Waals surface area contributed by atoms with Gasteiger partial charge in [0.05, 0.1) is 5.69 Å². The standard InChI is InChI=1S/C19H17FN4O2/c20-14-7-4-8-15(12-14)24-10-9-16(23-24)19(26)22-17(18(21)25)11-13-5-2-1-3-6-13/h1-10,12,17H,11H2,(H2,21,25)(H,22,26). The summed E-state index contributed by atoms with van der Waals surface area (Å²) in [5, 5.41) is 6.72. The molecule has 7 heteroatoms. The number of hydrogen-bond donors (Lipinski definition) is 2. The van der Waals surface area contributed by atoms with Gasteiger partial charge in [0.2, 0.25) is 5.91 Å². The van der Waals surface area contributed by atoms with Gasteiger partial charge in [0.25, 0.3) is 5.91 Å². The molecule has 2 amide bonds. The number of nitrogens with zero attached hydrogens (tertiary/aromatic N) is 2.